The topological polar surface area (TPSA) is 39.1 Å². The Morgan fingerprint density at radius 2 is 1.94 bits per heavy atom. The lowest BCUT2D eigenvalue weighted by Gasteiger charge is -2.16. The zero-order valence-electron chi connectivity index (χ0n) is 10.8. The molecule has 96 valence electrons. The number of rotatable bonds is 6. The smallest absolute Gasteiger partial charge is 0.0837 e. The number of benzene rings is 1. The second kappa shape index (κ2) is 7.15. The SMILES string of the molecule is N#CC(CNCCN1CCCC1)c1ccccc1. The van der Waals surface area contributed by atoms with Crippen LogP contribution in [0.4, 0.5) is 0 Å². The highest BCUT2D eigenvalue weighted by Gasteiger charge is 2.12. The lowest BCUT2D eigenvalue weighted by molar-refractivity contribution is 0.335. The van der Waals surface area contributed by atoms with Gasteiger partial charge in [-0.1, -0.05) is 30.3 Å². The van der Waals surface area contributed by atoms with E-state index in [4.69, 9.17) is 0 Å². The molecule has 0 spiro atoms. The molecule has 1 aliphatic heterocycles. The monoisotopic (exact) mass is 243 g/mol. The summed E-state index contributed by atoms with van der Waals surface area (Å²) in [6.45, 7) is 5.30. The van der Waals surface area contributed by atoms with Gasteiger partial charge < -0.3 is 10.2 Å². The van der Waals surface area contributed by atoms with E-state index in [0.717, 1.165) is 25.2 Å². The van der Waals surface area contributed by atoms with Crippen LogP contribution in [-0.4, -0.2) is 37.6 Å². The number of nitrogens with one attached hydrogen (secondary N) is 1. The highest BCUT2D eigenvalue weighted by Crippen LogP contribution is 2.13. The minimum Gasteiger partial charge on any atom is -0.314 e. The maximum absolute atomic E-state index is 9.19. The number of hydrogen-bond donors (Lipinski definition) is 1. The molecule has 3 heteroatoms. The molecule has 2 rings (SSSR count). The summed E-state index contributed by atoms with van der Waals surface area (Å²) in [4.78, 5) is 2.48. The molecule has 0 saturated carbocycles. The average molecular weight is 243 g/mol. The molecule has 0 amide bonds. The van der Waals surface area contributed by atoms with Crippen molar-refractivity contribution in [2.24, 2.45) is 0 Å². The van der Waals surface area contributed by atoms with Gasteiger partial charge in [0, 0.05) is 19.6 Å². The van der Waals surface area contributed by atoms with Crippen LogP contribution in [-0.2, 0) is 0 Å². The predicted molar refractivity (Wildman–Crippen MR) is 73.3 cm³/mol. The van der Waals surface area contributed by atoms with Gasteiger partial charge in [0.15, 0.2) is 0 Å². The molecule has 1 N–H and O–H groups in total. The van der Waals surface area contributed by atoms with Crippen molar-refractivity contribution in [3.8, 4) is 6.07 Å². The van der Waals surface area contributed by atoms with Crippen molar-refractivity contribution in [1.82, 2.24) is 10.2 Å². The van der Waals surface area contributed by atoms with E-state index in [1.807, 2.05) is 30.3 Å². The van der Waals surface area contributed by atoms with Crippen molar-refractivity contribution in [3.63, 3.8) is 0 Å². The summed E-state index contributed by atoms with van der Waals surface area (Å²) in [5.74, 6) is -0.0372. The van der Waals surface area contributed by atoms with E-state index in [2.05, 4.69) is 16.3 Å². The van der Waals surface area contributed by atoms with Crippen LogP contribution in [0.25, 0.3) is 0 Å². The Hall–Kier alpha value is -1.37. The third-order valence-electron chi connectivity index (χ3n) is 3.51. The van der Waals surface area contributed by atoms with E-state index in [-0.39, 0.29) is 5.92 Å². The van der Waals surface area contributed by atoms with Crippen molar-refractivity contribution in [2.45, 2.75) is 18.8 Å². The minimum absolute atomic E-state index is 0.0372. The van der Waals surface area contributed by atoms with Crippen LogP contribution in [0.3, 0.4) is 0 Å². The fourth-order valence-corrected chi connectivity index (χ4v) is 2.41. The van der Waals surface area contributed by atoms with Gasteiger partial charge >= 0.3 is 0 Å². The van der Waals surface area contributed by atoms with E-state index in [1.165, 1.54) is 25.9 Å². The molecular weight excluding hydrogens is 222 g/mol. The molecule has 1 aromatic rings. The maximum atomic E-state index is 9.19. The summed E-state index contributed by atoms with van der Waals surface area (Å²) in [5, 5.41) is 12.6. The van der Waals surface area contributed by atoms with Crippen molar-refractivity contribution in [1.29, 1.82) is 5.26 Å². The second-order valence-corrected chi connectivity index (χ2v) is 4.85. The number of likely N-dealkylation sites (tertiary alicyclic amines) is 1. The lowest BCUT2D eigenvalue weighted by Crippen LogP contribution is -2.31. The van der Waals surface area contributed by atoms with Gasteiger partial charge in [0.2, 0.25) is 0 Å². The minimum atomic E-state index is -0.0372. The molecule has 1 saturated heterocycles. The Kier molecular flexibility index (Phi) is 5.19. The molecule has 1 atom stereocenters. The predicted octanol–water partition coefficient (Wildman–Crippen LogP) is 1.98. The highest BCUT2D eigenvalue weighted by molar-refractivity contribution is 5.24. The molecule has 1 unspecified atom stereocenters. The Bertz CT molecular complexity index is 376. The van der Waals surface area contributed by atoms with Gasteiger partial charge in [-0.15, -0.1) is 0 Å². The summed E-state index contributed by atoms with van der Waals surface area (Å²) in [7, 11) is 0. The van der Waals surface area contributed by atoms with E-state index in [1.54, 1.807) is 0 Å². The molecule has 0 aliphatic carbocycles. The lowest BCUT2D eigenvalue weighted by atomic mass is 10.0. The summed E-state index contributed by atoms with van der Waals surface area (Å²) in [5.41, 5.74) is 1.11. The fraction of sp³-hybridized carbons (Fsp3) is 0.533. The van der Waals surface area contributed by atoms with Gasteiger partial charge in [-0.05, 0) is 31.5 Å². The van der Waals surface area contributed by atoms with Crippen molar-refractivity contribution in [2.75, 3.05) is 32.7 Å². The van der Waals surface area contributed by atoms with E-state index < -0.39 is 0 Å². The number of nitriles is 1. The normalized spacial score (nSPS) is 17.5. The number of hydrogen-bond acceptors (Lipinski definition) is 3. The first-order valence-electron chi connectivity index (χ1n) is 6.78. The maximum Gasteiger partial charge on any atom is 0.0837 e. The summed E-state index contributed by atoms with van der Waals surface area (Å²) in [6.07, 6.45) is 2.68. The zero-order chi connectivity index (χ0) is 12.6. The van der Waals surface area contributed by atoms with Crippen molar-refractivity contribution >= 4 is 0 Å². The van der Waals surface area contributed by atoms with Crippen LogP contribution >= 0.6 is 0 Å². The first kappa shape index (κ1) is 13.1. The Morgan fingerprint density at radius 3 is 2.61 bits per heavy atom. The third kappa shape index (κ3) is 3.83. The molecule has 1 heterocycles. The van der Waals surface area contributed by atoms with Crippen LogP contribution in [0.2, 0.25) is 0 Å². The zero-order valence-corrected chi connectivity index (χ0v) is 10.8. The van der Waals surface area contributed by atoms with Crippen molar-refractivity contribution < 1.29 is 0 Å². The van der Waals surface area contributed by atoms with Gasteiger partial charge in [-0.25, -0.2) is 0 Å². The largest absolute Gasteiger partial charge is 0.314 e. The summed E-state index contributed by atoms with van der Waals surface area (Å²) >= 11 is 0. The highest BCUT2D eigenvalue weighted by atomic mass is 15.1. The quantitative estimate of drug-likeness (QED) is 0.777. The molecule has 3 nitrogen and oxygen atoms in total. The van der Waals surface area contributed by atoms with Crippen LogP contribution in [0.15, 0.2) is 30.3 Å². The third-order valence-corrected chi connectivity index (χ3v) is 3.51. The van der Waals surface area contributed by atoms with Crippen LogP contribution in [0.1, 0.15) is 24.3 Å². The van der Waals surface area contributed by atoms with Gasteiger partial charge in [-0.2, -0.15) is 5.26 Å². The van der Waals surface area contributed by atoms with Gasteiger partial charge in [0.25, 0.3) is 0 Å². The first-order chi connectivity index (χ1) is 8.90. The van der Waals surface area contributed by atoms with E-state index in [9.17, 15) is 5.26 Å². The molecule has 1 aliphatic rings. The van der Waals surface area contributed by atoms with E-state index >= 15 is 0 Å². The van der Waals surface area contributed by atoms with E-state index in [0.29, 0.717) is 0 Å². The standard InChI is InChI=1S/C15H21N3/c16-12-15(14-6-2-1-3-7-14)13-17-8-11-18-9-4-5-10-18/h1-3,6-7,15,17H,4-5,8-11,13H2. The van der Waals surface area contributed by atoms with Crippen molar-refractivity contribution in [3.05, 3.63) is 35.9 Å². The molecule has 1 fully saturated rings. The Morgan fingerprint density at radius 1 is 1.22 bits per heavy atom. The second-order valence-electron chi connectivity index (χ2n) is 4.85. The van der Waals surface area contributed by atoms with Gasteiger partial charge in [0.1, 0.15) is 0 Å². The summed E-state index contributed by atoms with van der Waals surface area (Å²) in [6, 6.07) is 12.4. The Balaban J connectivity index is 1.69. The molecular formula is C15H21N3. The fourth-order valence-electron chi connectivity index (χ4n) is 2.41. The Labute approximate surface area is 109 Å². The average Bonchev–Trinajstić information content (AvgIpc) is 2.93. The molecule has 18 heavy (non-hydrogen) atoms. The van der Waals surface area contributed by atoms with Gasteiger partial charge in [-0.3, -0.25) is 0 Å². The summed E-state index contributed by atoms with van der Waals surface area (Å²) < 4.78 is 0. The van der Waals surface area contributed by atoms with Gasteiger partial charge in [0.05, 0.1) is 12.0 Å². The number of nitrogens with zero attached hydrogens (tertiary/aromatic N) is 2. The molecule has 0 aromatic heterocycles. The molecule has 1 aromatic carbocycles. The van der Waals surface area contributed by atoms with Crippen LogP contribution in [0.5, 0.6) is 0 Å². The van der Waals surface area contributed by atoms with Crippen LogP contribution < -0.4 is 5.32 Å². The van der Waals surface area contributed by atoms with Crippen LogP contribution in [0, 0.1) is 11.3 Å². The first-order valence-corrected chi connectivity index (χ1v) is 6.78. The molecule has 0 bridgehead atoms. The molecule has 0 radical (unpaired) electrons.